The first-order valence-electron chi connectivity index (χ1n) is 6.77. The Kier molecular flexibility index (Phi) is 4.60. The number of nitrogens with one attached hydrogen (secondary N) is 1. The maximum Gasteiger partial charge on any atom is 0.130 e. The van der Waals surface area contributed by atoms with E-state index in [9.17, 15) is 0 Å². The van der Waals surface area contributed by atoms with Crippen molar-refractivity contribution in [3.63, 3.8) is 0 Å². The van der Waals surface area contributed by atoms with Crippen LogP contribution in [0.1, 0.15) is 12.0 Å². The van der Waals surface area contributed by atoms with E-state index >= 15 is 0 Å². The molecule has 1 heterocycles. The van der Waals surface area contributed by atoms with Gasteiger partial charge < -0.3 is 4.74 Å². The maximum atomic E-state index is 6.33. The maximum absolute atomic E-state index is 6.33. The van der Waals surface area contributed by atoms with E-state index in [1.807, 2.05) is 30.3 Å². The highest BCUT2D eigenvalue weighted by Crippen LogP contribution is 2.43. The topological polar surface area (TPSA) is 21.3 Å². The first kappa shape index (κ1) is 15.0. The highest BCUT2D eigenvalue weighted by Gasteiger charge is 2.24. The monoisotopic (exact) mass is 341 g/mol. The second-order valence-electron chi connectivity index (χ2n) is 5.01. The predicted molar refractivity (Wildman–Crippen MR) is 88.5 cm³/mol. The standard InChI is InChI=1S/C16H14Cl3NO/c17-13-5-2-6-14(18)15(13)12-4-1-3-10-7-8-11(9-20-19)21-16(10)12/h1-6,11,20H,7-9H2/t11-/m1/s1. The van der Waals surface area contributed by atoms with Crippen molar-refractivity contribution in [3.8, 4) is 16.9 Å². The smallest absolute Gasteiger partial charge is 0.130 e. The Labute approximate surface area is 139 Å². The summed E-state index contributed by atoms with van der Waals surface area (Å²) in [6, 6.07) is 11.6. The Balaban J connectivity index is 2.09. The van der Waals surface area contributed by atoms with Gasteiger partial charge in [0.15, 0.2) is 0 Å². The molecule has 0 spiro atoms. The van der Waals surface area contributed by atoms with Gasteiger partial charge in [0.2, 0.25) is 0 Å². The third-order valence-corrected chi connectivity index (χ3v) is 4.44. The Hall–Kier alpha value is -0.930. The average Bonchev–Trinajstić information content (AvgIpc) is 2.48. The molecule has 110 valence electrons. The molecular weight excluding hydrogens is 329 g/mol. The van der Waals surface area contributed by atoms with E-state index in [4.69, 9.17) is 39.7 Å². The van der Waals surface area contributed by atoms with Crippen LogP contribution in [0.2, 0.25) is 10.0 Å². The third-order valence-electron chi connectivity index (χ3n) is 3.65. The van der Waals surface area contributed by atoms with E-state index in [2.05, 4.69) is 10.9 Å². The van der Waals surface area contributed by atoms with Crippen LogP contribution < -0.4 is 9.57 Å². The number of hydrogen-bond donors (Lipinski definition) is 1. The van der Waals surface area contributed by atoms with Crippen molar-refractivity contribution < 1.29 is 4.74 Å². The molecule has 1 aliphatic rings. The van der Waals surface area contributed by atoms with Crippen molar-refractivity contribution in [3.05, 3.63) is 52.0 Å². The van der Waals surface area contributed by atoms with Crippen LogP contribution in [-0.4, -0.2) is 12.6 Å². The minimum absolute atomic E-state index is 0.0532. The van der Waals surface area contributed by atoms with Crippen molar-refractivity contribution in [1.29, 1.82) is 0 Å². The van der Waals surface area contributed by atoms with Crippen LogP contribution in [0, 0.1) is 0 Å². The van der Waals surface area contributed by atoms with Crippen LogP contribution >= 0.6 is 35.0 Å². The van der Waals surface area contributed by atoms with Gasteiger partial charge in [0.1, 0.15) is 11.9 Å². The number of ether oxygens (including phenoxy) is 1. The van der Waals surface area contributed by atoms with Gasteiger partial charge in [0, 0.05) is 17.7 Å². The van der Waals surface area contributed by atoms with Crippen molar-refractivity contribution in [2.75, 3.05) is 6.54 Å². The quantitative estimate of drug-likeness (QED) is 0.784. The lowest BCUT2D eigenvalue weighted by Crippen LogP contribution is -2.30. The summed E-state index contributed by atoms with van der Waals surface area (Å²) in [6.07, 6.45) is 1.94. The van der Waals surface area contributed by atoms with Crippen molar-refractivity contribution in [2.45, 2.75) is 18.9 Å². The van der Waals surface area contributed by atoms with Crippen LogP contribution in [0.15, 0.2) is 36.4 Å². The number of aryl methyl sites for hydroxylation is 1. The molecule has 1 atom stereocenters. The van der Waals surface area contributed by atoms with Gasteiger partial charge in [-0.3, -0.25) is 0 Å². The van der Waals surface area contributed by atoms with Crippen molar-refractivity contribution in [1.82, 2.24) is 4.84 Å². The predicted octanol–water partition coefficient (Wildman–Crippen LogP) is 5.10. The molecule has 21 heavy (non-hydrogen) atoms. The number of rotatable bonds is 3. The highest BCUT2D eigenvalue weighted by atomic mass is 35.5. The Morgan fingerprint density at radius 2 is 1.81 bits per heavy atom. The van der Waals surface area contributed by atoms with E-state index in [0.29, 0.717) is 16.6 Å². The second-order valence-corrected chi connectivity index (χ2v) is 6.09. The molecule has 0 saturated carbocycles. The molecule has 3 rings (SSSR count). The zero-order valence-corrected chi connectivity index (χ0v) is 13.5. The number of para-hydroxylation sites is 1. The highest BCUT2D eigenvalue weighted by molar-refractivity contribution is 6.39. The molecule has 2 aromatic rings. The van der Waals surface area contributed by atoms with Crippen molar-refractivity contribution in [2.24, 2.45) is 0 Å². The summed E-state index contributed by atoms with van der Waals surface area (Å²) in [5.74, 6) is 0.857. The molecule has 0 radical (unpaired) electrons. The number of hydrogen-bond acceptors (Lipinski definition) is 2. The largest absolute Gasteiger partial charge is 0.488 e. The minimum atomic E-state index is 0.0532. The Bertz CT molecular complexity index is 640. The van der Waals surface area contributed by atoms with Crippen LogP contribution in [0.25, 0.3) is 11.1 Å². The fourth-order valence-electron chi connectivity index (χ4n) is 2.64. The third kappa shape index (κ3) is 3.00. The number of benzene rings is 2. The van der Waals surface area contributed by atoms with E-state index in [0.717, 1.165) is 29.7 Å². The van der Waals surface area contributed by atoms with E-state index in [-0.39, 0.29) is 6.10 Å². The Morgan fingerprint density at radius 3 is 2.52 bits per heavy atom. The summed E-state index contributed by atoms with van der Waals surface area (Å²) in [5.41, 5.74) is 2.92. The fourth-order valence-corrected chi connectivity index (χ4v) is 3.42. The van der Waals surface area contributed by atoms with E-state index in [1.165, 1.54) is 5.56 Å². The SMILES string of the molecule is ClNC[C@H]1CCc2cccc(-c3c(Cl)cccc3Cl)c2O1. The molecule has 0 fully saturated rings. The summed E-state index contributed by atoms with van der Waals surface area (Å²) < 4.78 is 6.10. The van der Waals surface area contributed by atoms with Gasteiger partial charge >= 0.3 is 0 Å². The van der Waals surface area contributed by atoms with Gasteiger partial charge in [-0.15, -0.1) is 0 Å². The molecule has 1 aliphatic heterocycles. The molecule has 0 amide bonds. The summed E-state index contributed by atoms with van der Waals surface area (Å²) in [6.45, 7) is 0.603. The van der Waals surface area contributed by atoms with Gasteiger partial charge in [-0.1, -0.05) is 47.5 Å². The van der Waals surface area contributed by atoms with E-state index in [1.54, 1.807) is 0 Å². The van der Waals surface area contributed by atoms with Crippen LogP contribution in [0.4, 0.5) is 0 Å². The van der Waals surface area contributed by atoms with E-state index < -0.39 is 0 Å². The lowest BCUT2D eigenvalue weighted by atomic mass is 9.95. The van der Waals surface area contributed by atoms with Crippen LogP contribution in [0.3, 0.4) is 0 Å². The van der Waals surface area contributed by atoms with Gasteiger partial charge in [0.05, 0.1) is 10.0 Å². The molecule has 2 aromatic carbocycles. The lowest BCUT2D eigenvalue weighted by Gasteiger charge is -2.28. The molecule has 0 aromatic heterocycles. The van der Waals surface area contributed by atoms with Gasteiger partial charge in [-0.2, -0.15) is 0 Å². The molecule has 0 unspecified atom stereocenters. The van der Waals surface area contributed by atoms with Crippen molar-refractivity contribution >= 4 is 35.0 Å². The van der Waals surface area contributed by atoms with Gasteiger partial charge in [-0.25, -0.2) is 4.84 Å². The summed E-state index contributed by atoms with van der Waals surface area (Å²) in [7, 11) is 0. The molecule has 0 aliphatic carbocycles. The molecule has 0 saturated heterocycles. The number of halogens is 3. The molecule has 0 bridgehead atoms. The first-order chi connectivity index (χ1) is 10.2. The second kappa shape index (κ2) is 6.45. The lowest BCUT2D eigenvalue weighted by molar-refractivity contribution is 0.178. The fraction of sp³-hybridized carbons (Fsp3) is 0.250. The zero-order chi connectivity index (χ0) is 14.8. The molecular formula is C16H14Cl3NO. The molecule has 5 heteroatoms. The normalized spacial score (nSPS) is 17.2. The summed E-state index contributed by atoms with van der Waals surface area (Å²) in [4.78, 5) is 2.65. The summed E-state index contributed by atoms with van der Waals surface area (Å²) in [5, 5.41) is 1.24. The van der Waals surface area contributed by atoms with Crippen LogP contribution in [-0.2, 0) is 6.42 Å². The zero-order valence-electron chi connectivity index (χ0n) is 11.2. The molecule has 2 nitrogen and oxygen atoms in total. The summed E-state index contributed by atoms with van der Waals surface area (Å²) >= 11 is 18.3. The van der Waals surface area contributed by atoms with Gasteiger partial charge in [0.25, 0.3) is 0 Å². The first-order valence-corrected chi connectivity index (χ1v) is 7.90. The molecule has 1 N–H and O–H groups in total. The number of fused-ring (bicyclic) bond motifs is 1. The van der Waals surface area contributed by atoms with Gasteiger partial charge in [-0.05, 0) is 42.3 Å². The minimum Gasteiger partial charge on any atom is -0.488 e. The van der Waals surface area contributed by atoms with Crippen LogP contribution in [0.5, 0.6) is 5.75 Å². The average molecular weight is 343 g/mol. The Morgan fingerprint density at radius 1 is 1.10 bits per heavy atom.